The van der Waals surface area contributed by atoms with Crippen LogP contribution in [0.4, 0.5) is 5.82 Å². The number of carbonyl (C=O) groups is 1. The average molecular weight is 359 g/mol. The summed E-state index contributed by atoms with van der Waals surface area (Å²) in [6.07, 6.45) is 0. The molecule has 0 fully saturated rings. The first-order valence-electron chi connectivity index (χ1n) is 6.75. The lowest BCUT2D eigenvalue weighted by molar-refractivity contribution is 0.0955. The number of aromatic nitrogens is 1. The summed E-state index contributed by atoms with van der Waals surface area (Å²) in [5.41, 5.74) is 1.86. The molecule has 112 valence electrons. The highest BCUT2D eigenvalue weighted by Crippen LogP contribution is 2.11. The van der Waals surface area contributed by atoms with Gasteiger partial charge >= 0.3 is 0 Å². The number of aryl methyl sites for hydroxylation is 1. The molecule has 6 heteroatoms. The van der Waals surface area contributed by atoms with Crippen molar-refractivity contribution < 1.29 is 4.79 Å². The number of nitrogens with zero attached hydrogens (tertiary/aromatic N) is 2. The fraction of sp³-hybridized carbons (Fsp3) is 0.188. The third-order valence-electron chi connectivity index (χ3n) is 3.01. The standard InChI is InChI=1S/C16H15BrN4O/c1-11-5-6-15(21-14(11)10-18)19-7-8-20-16(22)12-3-2-4-13(17)9-12/h2-6,9H,7-8H2,1H3,(H,19,21)(H,20,22). The fourth-order valence-corrected chi connectivity index (χ4v) is 2.24. The summed E-state index contributed by atoms with van der Waals surface area (Å²) < 4.78 is 0.867. The highest BCUT2D eigenvalue weighted by atomic mass is 79.9. The first-order chi connectivity index (χ1) is 10.6. The van der Waals surface area contributed by atoms with Crippen LogP contribution in [0.2, 0.25) is 0 Å². The molecule has 0 aliphatic rings. The minimum absolute atomic E-state index is 0.127. The van der Waals surface area contributed by atoms with E-state index in [4.69, 9.17) is 5.26 Å². The van der Waals surface area contributed by atoms with E-state index in [1.807, 2.05) is 37.3 Å². The Balaban J connectivity index is 1.82. The maximum absolute atomic E-state index is 11.9. The molecule has 0 bridgehead atoms. The van der Waals surface area contributed by atoms with Gasteiger partial charge in [0.15, 0.2) is 0 Å². The number of rotatable bonds is 5. The molecule has 2 aromatic rings. The maximum atomic E-state index is 11.9. The van der Waals surface area contributed by atoms with Crippen molar-refractivity contribution in [1.29, 1.82) is 5.26 Å². The molecule has 2 rings (SSSR count). The number of nitriles is 1. The van der Waals surface area contributed by atoms with Gasteiger partial charge in [0.1, 0.15) is 17.6 Å². The Kier molecular flexibility index (Phi) is 5.50. The summed E-state index contributed by atoms with van der Waals surface area (Å²) in [5.74, 6) is 0.497. The zero-order valence-electron chi connectivity index (χ0n) is 12.1. The zero-order chi connectivity index (χ0) is 15.9. The first-order valence-corrected chi connectivity index (χ1v) is 7.55. The Morgan fingerprint density at radius 1 is 1.32 bits per heavy atom. The van der Waals surface area contributed by atoms with E-state index in [0.717, 1.165) is 10.0 Å². The normalized spacial score (nSPS) is 9.86. The Morgan fingerprint density at radius 2 is 2.14 bits per heavy atom. The molecular weight excluding hydrogens is 344 g/mol. The summed E-state index contributed by atoms with van der Waals surface area (Å²) in [6.45, 7) is 2.83. The number of hydrogen-bond donors (Lipinski definition) is 2. The third-order valence-corrected chi connectivity index (χ3v) is 3.50. The Bertz CT molecular complexity index is 724. The molecule has 0 aliphatic heterocycles. The highest BCUT2D eigenvalue weighted by Gasteiger charge is 2.05. The van der Waals surface area contributed by atoms with Crippen LogP contribution in [-0.2, 0) is 0 Å². The molecule has 1 aromatic carbocycles. The smallest absolute Gasteiger partial charge is 0.251 e. The number of nitrogens with one attached hydrogen (secondary N) is 2. The predicted molar refractivity (Wildman–Crippen MR) is 88.7 cm³/mol. The van der Waals surface area contributed by atoms with Crippen molar-refractivity contribution in [3.63, 3.8) is 0 Å². The van der Waals surface area contributed by atoms with Gasteiger partial charge in [0.05, 0.1) is 0 Å². The molecule has 5 nitrogen and oxygen atoms in total. The SMILES string of the molecule is Cc1ccc(NCCNC(=O)c2cccc(Br)c2)nc1C#N. The monoisotopic (exact) mass is 358 g/mol. The first kappa shape index (κ1) is 16.0. The minimum Gasteiger partial charge on any atom is -0.368 e. The van der Waals surface area contributed by atoms with Gasteiger partial charge in [-0.1, -0.05) is 28.1 Å². The molecule has 0 saturated carbocycles. The highest BCUT2D eigenvalue weighted by molar-refractivity contribution is 9.10. The summed E-state index contributed by atoms with van der Waals surface area (Å²) in [7, 11) is 0. The molecule has 22 heavy (non-hydrogen) atoms. The van der Waals surface area contributed by atoms with Gasteiger partial charge < -0.3 is 10.6 Å². The van der Waals surface area contributed by atoms with Crippen molar-refractivity contribution in [2.45, 2.75) is 6.92 Å². The summed E-state index contributed by atoms with van der Waals surface area (Å²) in [5, 5.41) is 14.8. The molecule has 0 atom stereocenters. The van der Waals surface area contributed by atoms with Crippen molar-refractivity contribution in [1.82, 2.24) is 10.3 Å². The van der Waals surface area contributed by atoms with Crippen LogP contribution in [0, 0.1) is 18.3 Å². The van der Waals surface area contributed by atoms with Crippen LogP contribution in [0.5, 0.6) is 0 Å². The number of hydrogen-bond acceptors (Lipinski definition) is 4. The van der Waals surface area contributed by atoms with Crippen molar-refractivity contribution in [2.75, 3.05) is 18.4 Å². The molecule has 0 unspecified atom stereocenters. The van der Waals surface area contributed by atoms with Crippen molar-refractivity contribution in [2.24, 2.45) is 0 Å². The number of halogens is 1. The topological polar surface area (TPSA) is 77.8 Å². The van der Waals surface area contributed by atoms with E-state index in [2.05, 4.69) is 31.5 Å². The fourth-order valence-electron chi connectivity index (χ4n) is 1.84. The molecule has 0 aliphatic carbocycles. The lowest BCUT2D eigenvalue weighted by Gasteiger charge is -2.08. The molecule has 1 heterocycles. The quantitative estimate of drug-likeness (QED) is 0.805. The largest absolute Gasteiger partial charge is 0.368 e. The minimum atomic E-state index is -0.127. The van der Waals surface area contributed by atoms with E-state index in [1.54, 1.807) is 12.1 Å². The number of carbonyl (C=O) groups excluding carboxylic acids is 1. The van der Waals surface area contributed by atoms with Crippen LogP contribution < -0.4 is 10.6 Å². The van der Waals surface area contributed by atoms with Gasteiger partial charge in [-0.3, -0.25) is 4.79 Å². The summed E-state index contributed by atoms with van der Waals surface area (Å²) >= 11 is 3.34. The average Bonchev–Trinajstić information content (AvgIpc) is 2.52. The van der Waals surface area contributed by atoms with E-state index in [-0.39, 0.29) is 5.91 Å². The van der Waals surface area contributed by atoms with Crippen LogP contribution in [0.15, 0.2) is 40.9 Å². The summed E-state index contributed by atoms with van der Waals surface area (Å²) in [6, 6.07) is 12.9. The lowest BCUT2D eigenvalue weighted by atomic mass is 10.2. The van der Waals surface area contributed by atoms with E-state index in [0.29, 0.717) is 30.2 Å². The maximum Gasteiger partial charge on any atom is 0.251 e. The van der Waals surface area contributed by atoms with Gasteiger partial charge in [-0.15, -0.1) is 0 Å². The molecule has 1 aromatic heterocycles. The van der Waals surface area contributed by atoms with Crippen LogP contribution in [-0.4, -0.2) is 24.0 Å². The number of amides is 1. The Labute approximate surface area is 137 Å². The van der Waals surface area contributed by atoms with Gasteiger partial charge in [-0.25, -0.2) is 4.98 Å². The van der Waals surface area contributed by atoms with Crippen LogP contribution in [0.3, 0.4) is 0 Å². The molecule has 2 N–H and O–H groups in total. The second kappa shape index (κ2) is 7.57. The predicted octanol–water partition coefficient (Wildman–Crippen LogP) is 2.87. The third kappa shape index (κ3) is 4.30. The second-order valence-corrected chi connectivity index (χ2v) is 5.58. The van der Waals surface area contributed by atoms with Gasteiger partial charge in [-0.2, -0.15) is 5.26 Å². The van der Waals surface area contributed by atoms with E-state index >= 15 is 0 Å². The Hall–Kier alpha value is -2.39. The molecular formula is C16H15BrN4O. The molecule has 1 amide bonds. The summed E-state index contributed by atoms with van der Waals surface area (Å²) in [4.78, 5) is 16.1. The van der Waals surface area contributed by atoms with Crippen molar-refractivity contribution in [3.8, 4) is 6.07 Å². The van der Waals surface area contributed by atoms with Crippen LogP contribution in [0.25, 0.3) is 0 Å². The Morgan fingerprint density at radius 3 is 2.86 bits per heavy atom. The van der Waals surface area contributed by atoms with E-state index < -0.39 is 0 Å². The van der Waals surface area contributed by atoms with Gasteiger partial charge in [0.2, 0.25) is 0 Å². The second-order valence-electron chi connectivity index (χ2n) is 4.67. The van der Waals surface area contributed by atoms with Crippen molar-refractivity contribution in [3.05, 3.63) is 57.7 Å². The van der Waals surface area contributed by atoms with Gasteiger partial charge in [-0.05, 0) is 36.8 Å². The lowest BCUT2D eigenvalue weighted by Crippen LogP contribution is -2.28. The molecule has 0 radical (unpaired) electrons. The zero-order valence-corrected chi connectivity index (χ0v) is 13.6. The van der Waals surface area contributed by atoms with E-state index in [9.17, 15) is 4.79 Å². The van der Waals surface area contributed by atoms with Crippen LogP contribution in [0.1, 0.15) is 21.6 Å². The molecule has 0 saturated heterocycles. The van der Waals surface area contributed by atoms with E-state index in [1.165, 1.54) is 0 Å². The molecule has 0 spiro atoms. The van der Waals surface area contributed by atoms with Crippen LogP contribution >= 0.6 is 15.9 Å². The number of anilines is 1. The number of benzene rings is 1. The number of pyridine rings is 1. The van der Waals surface area contributed by atoms with Crippen molar-refractivity contribution >= 4 is 27.7 Å². The van der Waals surface area contributed by atoms with Gasteiger partial charge in [0.25, 0.3) is 5.91 Å². The van der Waals surface area contributed by atoms with Gasteiger partial charge in [0, 0.05) is 23.1 Å².